The van der Waals surface area contributed by atoms with Gasteiger partial charge < -0.3 is 31.5 Å². The summed E-state index contributed by atoms with van der Waals surface area (Å²) in [5.74, 6) is -8.63. The number of aromatic hydroxyl groups is 1. The average Bonchev–Trinajstić information content (AvgIpc) is 3.18. The molecule has 1 aromatic rings. The number of aliphatic hydroxyl groups excluding tert-OH is 2. The van der Waals surface area contributed by atoms with Crippen molar-refractivity contribution in [2.75, 3.05) is 20.6 Å². The lowest BCUT2D eigenvalue weighted by atomic mass is 9.58. The first kappa shape index (κ1) is 32.0. The monoisotopic (exact) mass is 621 g/mol. The van der Waals surface area contributed by atoms with Crippen molar-refractivity contribution in [2.45, 2.75) is 75.7 Å². The lowest BCUT2D eigenvalue weighted by Crippen LogP contribution is -2.63. The first-order valence-corrected chi connectivity index (χ1v) is 14.9. The molecule has 0 saturated heterocycles. The molecule has 1 saturated carbocycles. The van der Waals surface area contributed by atoms with Crippen LogP contribution >= 0.6 is 0 Å². The zero-order valence-electron chi connectivity index (χ0n) is 24.6. The number of likely N-dealkylation sites (N-methyl/N-ethyl adjacent to an activating group) is 1. The number of amides is 1. The number of carbonyl (C=O) groups excluding carboxylic acids is 3. The number of Topliss-reactive ketones (excluding diaryl/α,β-unsaturated/α-hetero) is 2. The van der Waals surface area contributed by atoms with Crippen LogP contribution in [0, 0.1) is 17.8 Å². The first-order valence-electron chi connectivity index (χ1n) is 14.9. The van der Waals surface area contributed by atoms with Crippen LogP contribution in [0.15, 0.2) is 28.7 Å². The van der Waals surface area contributed by atoms with Gasteiger partial charge in [-0.25, -0.2) is 0 Å². The zero-order chi connectivity index (χ0) is 32.3. The number of nitrogens with two attached hydrogens (primary N) is 1. The van der Waals surface area contributed by atoms with E-state index in [0.29, 0.717) is 12.5 Å². The lowest BCUT2D eigenvalue weighted by molar-refractivity contribution is -0.148. The number of phenolic OH excluding ortho intramolecular Hbond substituents is 1. The number of fused-ring (bicyclic) bond motifs is 3. The van der Waals surface area contributed by atoms with Gasteiger partial charge in [0, 0.05) is 18.0 Å². The fourth-order valence-corrected chi connectivity index (χ4v) is 7.86. The number of phenols is 1. The quantitative estimate of drug-likeness (QED) is 0.206. The third kappa shape index (κ3) is 5.08. The van der Waals surface area contributed by atoms with Gasteiger partial charge in [-0.15, -0.1) is 0 Å². The van der Waals surface area contributed by atoms with Crippen LogP contribution in [0.3, 0.4) is 0 Å². The molecule has 4 aliphatic carbocycles. The molecule has 1 aromatic carbocycles. The van der Waals surface area contributed by atoms with Crippen molar-refractivity contribution in [3.8, 4) is 5.75 Å². The first-order chi connectivity index (χ1) is 20.6. The van der Waals surface area contributed by atoms with Crippen molar-refractivity contribution in [2.24, 2.45) is 23.5 Å². The Labute approximate surface area is 252 Å². The van der Waals surface area contributed by atoms with Crippen molar-refractivity contribution in [3.63, 3.8) is 0 Å². The fourth-order valence-electron chi connectivity index (χ4n) is 7.86. The van der Waals surface area contributed by atoms with Crippen LogP contribution in [0.2, 0.25) is 0 Å². The van der Waals surface area contributed by atoms with Gasteiger partial charge in [0.05, 0.1) is 17.2 Å². The second kappa shape index (κ2) is 11.5. The molecule has 0 spiro atoms. The summed E-state index contributed by atoms with van der Waals surface area (Å²) in [5, 5.41) is 47.9. The molecule has 0 aromatic heterocycles. The summed E-state index contributed by atoms with van der Waals surface area (Å²) in [6.07, 6.45) is 0.760. The predicted molar refractivity (Wildman–Crippen MR) is 152 cm³/mol. The van der Waals surface area contributed by atoms with E-state index in [2.05, 4.69) is 5.32 Å². The third-order valence-corrected chi connectivity index (χ3v) is 9.81. The Morgan fingerprint density at radius 3 is 2.32 bits per heavy atom. The number of primary amides is 1. The van der Waals surface area contributed by atoms with E-state index >= 15 is 0 Å². The molecule has 5 rings (SSSR count). The molecular formula is C31H38F3N3O7. The number of ketones is 2. The van der Waals surface area contributed by atoms with Crippen molar-refractivity contribution < 1.29 is 48.0 Å². The Morgan fingerprint density at radius 2 is 1.75 bits per heavy atom. The number of rotatable bonds is 6. The minimum atomic E-state index is -4.89. The highest BCUT2D eigenvalue weighted by molar-refractivity contribution is 6.24. The molecular weight excluding hydrogens is 583 g/mol. The summed E-state index contributed by atoms with van der Waals surface area (Å²) in [5.41, 5.74) is -1.37. The van der Waals surface area contributed by atoms with E-state index < -0.39 is 98.7 Å². The van der Waals surface area contributed by atoms with Crippen molar-refractivity contribution in [3.05, 3.63) is 51.0 Å². The number of allylic oxidation sites excluding steroid dienone is 1. The maximum absolute atomic E-state index is 14.7. The number of aliphatic hydroxyl groups is 3. The summed E-state index contributed by atoms with van der Waals surface area (Å²) < 4.78 is 44.1. The molecule has 0 heterocycles. The van der Waals surface area contributed by atoms with Crippen molar-refractivity contribution in [1.82, 2.24) is 10.2 Å². The van der Waals surface area contributed by atoms with Gasteiger partial charge >= 0.3 is 6.18 Å². The van der Waals surface area contributed by atoms with Gasteiger partial charge in [0.2, 0.25) is 5.78 Å². The van der Waals surface area contributed by atoms with Gasteiger partial charge in [-0.05, 0) is 75.4 Å². The van der Waals surface area contributed by atoms with E-state index in [1.165, 1.54) is 19.0 Å². The number of halogens is 3. The van der Waals surface area contributed by atoms with Gasteiger partial charge in [0.15, 0.2) is 11.4 Å². The summed E-state index contributed by atoms with van der Waals surface area (Å²) >= 11 is 0. The van der Waals surface area contributed by atoms with E-state index in [0.717, 1.165) is 44.6 Å². The third-order valence-electron chi connectivity index (χ3n) is 9.81. The zero-order valence-corrected chi connectivity index (χ0v) is 24.6. The maximum Gasteiger partial charge on any atom is 0.417 e. The highest BCUT2D eigenvalue weighted by Gasteiger charge is 2.63. The Hall–Kier alpha value is -3.42. The van der Waals surface area contributed by atoms with Crippen molar-refractivity contribution >= 4 is 17.5 Å². The smallest absolute Gasteiger partial charge is 0.417 e. The minimum Gasteiger partial charge on any atom is -0.510 e. The number of hydrogen-bond acceptors (Lipinski definition) is 9. The molecule has 4 atom stereocenters. The van der Waals surface area contributed by atoms with Crippen molar-refractivity contribution in [1.29, 1.82) is 0 Å². The summed E-state index contributed by atoms with van der Waals surface area (Å²) in [7, 11) is 2.95. The van der Waals surface area contributed by atoms with E-state index in [9.17, 15) is 48.0 Å². The average molecular weight is 622 g/mol. The van der Waals surface area contributed by atoms with Gasteiger partial charge in [0.1, 0.15) is 22.8 Å². The Bertz CT molecular complexity index is 1460. The van der Waals surface area contributed by atoms with Crippen LogP contribution in [0.4, 0.5) is 13.2 Å². The summed E-state index contributed by atoms with van der Waals surface area (Å²) in [4.78, 5) is 40.7. The standard InChI is InChI=1S/C31H38F3N3O7/c1-37(2)24-18-10-15-9-17-21(25(39)20(15)27(41)30(18,44)28(42)22(26(24)40)29(35)43)19(38)11-16(23(17)31(32,33)34)13-36-12-14-7-5-3-4-6-8-14/h11,14-15,18,24,36,38,40-41,44H,3-10,12-13H2,1-2H3,(H2,35,43)/t15-,18-,24-,30-/m0/s1. The highest BCUT2D eigenvalue weighted by Crippen LogP contribution is 2.53. The second-order valence-corrected chi connectivity index (χ2v) is 12.7. The van der Waals surface area contributed by atoms with Crippen LogP contribution in [0.5, 0.6) is 5.75 Å². The summed E-state index contributed by atoms with van der Waals surface area (Å²) in [6.45, 7) is 0.328. The van der Waals surface area contributed by atoms with Crippen LogP contribution in [0.1, 0.15) is 72.0 Å². The number of hydrogen-bond donors (Lipinski definition) is 6. The molecule has 4 aliphatic rings. The molecule has 1 amide bonds. The van der Waals surface area contributed by atoms with Gasteiger partial charge in [-0.2, -0.15) is 13.2 Å². The van der Waals surface area contributed by atoms with Crippen LogP contribution in [-0.4, -0.2) is 75.1 Å². The second-order valence-electron chi connectivity index (χ2n) is 12.7. The number of carbonyl (C=O) groups is 3. The molecule has 44 heavy (non-hydrogen) atoms. The minimum absolute atomic E-state index is 0.187. The number of nitrogens with zero attached hydrogens (tertiary/aromatic N) is 1. The molecule has 0 aliphatic heterocycles. The molecule has 240 valence electrons. The number of benzene rings is 1. The number of alkyl halides is 3. The normalized spacial score (nSPS) is 28.1. The number of nitrogens with one attached hydrogen (secondary N) is 1. The van der Waals surface area contributed by atoms with Gasteiger partial charge in [0.25, 0.3) is 5.91 Å². The van der Waals surface area contributed by atoms with Gasteiger partial charge in [-0.3, -0.25) is 19.3 Å². The molecule has 0 bridgehead atoms. The molecule has 0 unspecified atom stereocenters. The van der Waals surface area contributed by atoms with E-state index in [-0.39, 0.29) is 18.5 Å². The SMILES string of the molecule is CN(C)[C@@H]1C(O)=C(C(N)=O)C(=O)[C@@]2(O)C(O)=C3C(=O)c4c(O)cc(CNCC5CCCCCC5)c(C(F)(F)F)c4C[C@H]3C[C@@H]12. The van der Waals surface area contributed by atoms with E-state index in [1.54, 1.807) is 0 Å². The maximum atomic E-state index is 14.7. The Balaban J connectivity index is 1.58. The summed E-state index contributed by atoms with van der Waals surface area (Å²) in [6, 6.07) is -0.340. The largest absolute Gasteiger partial charge is 0.510 e. The van der Waals surface area contributed by atoms with Crippen LogP contribution < -0.4 is 11.1 Å². The molecule has 0 radical (unpaired) electrons. The van der Waals surface area contributed by atoms with Gasteiger partial charge in [-0.1, -0.05) is 25.7 Å². The van der Waals surface area contributed by atoms with Crippen LogP contribution in [0.25, 0.3) is 0 Å². The molecule has 1 fully saturated rings. The molecule has 7 N–H and O–H groups in total. The van der Waals surface area contributed by atoms with Crippen LogP contribution in [-0.2, 0) is 28.7 Å². The highest BCUT2D eigenvalue weighted by atomic mass is 19.4. The molecule has 13 heteroatoms. The fraction of sp³-hybridized carbons (Fsp3) is 0.581. The molecule has 10 nitrogen and oxygen atoms in total. The van der Waals surface area contributed by atoms with E-state index in [1.807, 2.05) is 0 Å². The topological polar surface area (TPSA) is 173 Å². The van der Waals surface area contributed by atoms with E-state index in [4.69, 9.17) is 5.73 Å². The Kier molecular flexibility index (Phi) is 8.36. The Morgan fingerprint density at radius 1 is 1.11 bits per heavy atom. The lowest BCUT2D eigenvalue weighted by Gasteiger charge is -2.50. The predicted octanol–water partition coefficient (Wildman–Crippen LogP) is 3.20.